The Kier molecular flexibility index (Phi) is 3.96. The highest BCUT2D eigenvalue weighted by Crippen LogP contribution is 2.19. The second kappa shape index (κ2) is 5.66. The summed E-state index contributed by atoms with van der Waals surface area (Å²) in [6.45, 7) is 0. The molecular formula is C13H13F2N3. The van der Waals surface area contributed by atoms with Crippen LogP contribution in [0.2, 0.25) is 0 Å². The Labute approximate surface area is 104 Å². The molecule has 0 fully saturated rings. The number of rotatable bonds is 4. The van der Waals surface area contributed by atoms with Gasteiger partial charge in [-0.25, -0.2) is 8.78 Å². The number of nitrogens with zero attached hydrogens (tertiary/aromatic N) is 1. The van der Waals surface area contributed by atoms with Crippen LogP contribution in [0, 0.1) is 11.6 Å². The van der Waals surface area contributed by atoms with Crippen molar-refractivity contribution in [2.75, 3.05) is 0 Å². The number of hydrogen-bond acceptors (Lipinski definition) is 3. The van der Waals surface area contributed by atoms with Gasteiger partial charge in [0.15, 0.2) is 0 Å². The van der Waals surface area contributed by atoms with Gasteiger partial charge in [0, 0.05) is 18.5 Å². The lowest BCUT2D eigenvalue weighted by Gasteiger charge is -2.16. The molecule has 1 heterocycles. The van der Waals surface area contributed by atoms with E-state index in [1.54, 1.807) is 18.5 Å². The van der Waals surface area contributed by atoms with Gasteiger partial charge in [-0.05, 0) is 29.7 Å². The molecule has 94 valence electrons. The highest BCUT2D eigenvalue weighted by atomic mass is 19.1. The highest BCUT2D eigenvalue weighted by molar-refractivity contribution is 5.23. The summed E-state index contributed by atoms with van der Waals surface area (Å²) in [5.74, 6) is 4.30. The zero-order chi connectivity index (χ0) is 13.0. The van der Waals surface area contributed by atoms with Crippen LogP contribution < -0.4 is 11.3 Å². The second-order valence-electron chi connectivity index (χ2n) is 3.95. The molecule has 2 rings (SSSR count). The van der Waals surface area contributed by atoms with E-state index in [0.29, 0.717) is 12.0 Å². The third-order valence-corrected chi connectivity index (χ3v) is 2.73. The number of hydrazine groups is 1. The molecule has 18 heavy (non-hydrogen) atoms. The van der Waals surface area contributed by atoms with Crippen molar-refractivity contribution < 1.29 is 8.78 Å². The van der Waals surface area contributed by atoms with Gasteiger partial charge < -0.3 is 0 Å². The monoisotopic (exact) mass is 249 g/mol. The molecule has 0 radical (unpaired) electrons. The van der Waals surface area contributed by atoms with Crippen molar-refractivity contribution in [2.45, 2.75) is 12.5 Å². The van der Waals surface area contributed by atoms with Crippen molar-refractivity contribution in [1.29, 1.82) is 0 Å². The van der Waals surface area contributed by atoms with Crippen LogP contribution in [-0.2, 0) is 6.42 Å². The van der Waals surface area contributed by atoms with E-state index in [-0.39, 0.29) is 6.04 Å². The molecule has 2 aromatic rings. The first-order chi connectivity index (χ1) is 8.70. The van der Waals surface area contributed by atoms with Gasteiger partial charge in [-0.3, -0.25) is 16.3 Å². The maximum absolute atomic E-state index is 13.5. The number of hydrogen-bond donors (Lipinski definition) is 2. The first kappa shape index (κ1) is 12.6. The zero-order valence-corrected chi connectivity index (χ0v) is 9.61. The maximum Gasteiger partial charge on any atom is 0.129 e. The van der Waals surface area contributed by atoms with Gasteiger partial charge >= 0.3 is 0 Å². The van der Waals surface area contributed by atoms with Gasteiger partial charge in [-0.1, -0.05) is 12.1 Å². The molecule has 0 saturated carbocycles. The van der Waals surface area contributed by atoms with E-state index in [9.17, 15) is 8.78 Å². The molecule has 0 saturated heterocycles. The van der Waals surface area contributed by atoms with Crippen LogP contribution in [0.1, 0.15) is 17.2 Å². The molecule has 0 aliphatic rings. The molecule has 3 nitrogen and oxygen atoms in total. The molecule has 0 spiro atoms. The van der Waals surface area contributed by atoms with E-state index in [1.807, 2.05) is 6.07 Å². The Bertz CT molecular complexity index is 517. The molecule has 1 unspecified atom stereocenters. The molecule has 5 heteroatoms. The normalized spacial score (nSPS) is 12.4. The Morgan fingerprint density at radius 1 is 1.28 bits per heavy atom. The summed E-state index contributed by atoms with van der Waals surface area (Å²) >= 11 is 0. The lowest BCUT2D eigenvalue weighted by molar-refractivity contribution is 0.521. The van der Waals surface area contributed by atoms with E-state index in [0.717, 1.165) is 11.6 Å². The molecule has 1 atom stereocenters. The SMILES string of the molecule is NNC(Cc1ccc(F)cc1F)c1cccnc1. The first-order valence-corrected chi connectivity index (χ1v) is 5.50. The van der Waals surface area contributed by atoms with Gasteiger partial charge in [0.25, 0.3) is 0 Å². The Morgan fingerprint density at radius 3 is 2.72 bits per heavy atom. The number of aromatic nitrogens is 1. The maximum atomic E-state index is 13.5. The summed E-state index contributed by atoms with van der Waals surface area (Å²) in [6.07, 6.45) is 3.63. The third-order valence-electron chi connectivity index (χ3n) is 2.73. The molecule has 3 N–H and O–H groups in total. The van der Waals surface area contributed by atoms with Gasteiger partial charge in [-0.15, -0.1) is 0 Å². The van der Waals surface area contributed by atoms with E-state index >= 15 is 0 Å². The number of benzene rings is 1. The van der Waals surface area contributed by atoms with Crippen molar-refractivity contribution in [3.63, 3.8) is 0 Å². The van der Waals surface area contributed by atoms with Crippen LogP contribution >= 0.6 is 0 Å². The minimum absolute atomic E-state index is 0.265. The van der Waals surface area contributed by atoms with Gasteiger partial charge in [0.1, 0.15) is 11.6 Å². The summed E-state index contributed by atoms with van der Waals surface area (Å²) < 4.78 is 26.3. The predicted octanol–water partition coefficient (Wildman–Crippen LogP) is 2.11. The number of halogens is 2. The minimum atomic E-state index is -0.588. The van der Waals surface area contributed by atoms with Crippen LogP contribution in [0.3, 0.4) is 0 Å². The first-order valence-electron chi connectivity index (χ1n) is 5.50. The van der Waals surface area contributed by atoms with E-state index in [4.69, 9.17) is 5.84 Å². The minimum Gasteiger partial charge on any atom is -0.271 e. The molecular weight excluding hydrogens is 236 g/mol. The number of pyridine rings is 1. The van der Waals surface area contributed by atoms with Crippen molar-refractivity contribution in [3.8, 4) is 0 Å². The molecule has 0 aliphatic carbocycles. The highest BCUT2D eigenvalue weighted by Gasteiger charge is 2.13. The Balaban J connectivity index is 2.21. The molecule has 1 aromatic carbocycles. The average molecular weight is 249 g/mol. The van der Waals surface area contributed by atoms with Crippen LogP contribution in [0.4, 0.5) is 8.78 Å². The standard InChI is InChI=1S/C13H13F2N3/c14-11-4-3-9(12(15)7-11)6-13(18-16)10-2-1-5-17-8-10/h1-5,7-8,13,18H,6,16H2. The molecule has 0 aliphatic heterocycles. The molecule has 0 amide bonds. The summed E-state index contributed by atoms with van der Waals surface area (Å²) in [6, 6.07) is 6.88. The summed E-state index contributed by atoms with van der Waals surface area (Å²) in [7, 11) is 0. The van der Waals surface area contributed by atoms with Crippen LogP contribution in [0.5, 0.6) is 0 Å². The smallest absolute Gasteiger partial charge is 0.129 e. The fourth-order valence-corrected chi connectivity index (χ4v) is 1.76. The average Bonchev–Trinajstić information content (AvgIpc) is 2.39. The number of nitrogens with one attached hydrogen (secondary N) is 1. The fourth-order valence-electron chi connectivity index (χ4n) is 1.76. The van der Waals surface area contributed by atoms with Crippen molar-refractivity contribution in [3.05, 3.63) is 65.5 Å². The van der Waals surface area contributed by atoms with Gasteiger partial charge in [0.05, 0.1) is 6.04 Å². The van der Waals surface area contributed by atoms with Crippen molar-refractivity contribution in [2.24, 2.45) is 5.84 Å². The van der Waals surface area contributed by atoms with Crippen LogP contribution in [0.15, 0.2) is 42.7 Å². The predicted molar refractivity (Wildman–Crippen MR) is 64.4 cm³/mol. The van der Waals surface area contributed by atoms with Crippen LogP contribution in [0.25, 0.3) is 0 Å². The Hall–Kier alpha value is -1.85. The van der Waals surface area contributed by atoms with E-state index in [2.05, 4.69) is 10.4 Å². The second-order valence-corrected chi connectivity index (χ2v) is 3.95. The third kappa shape index (κ3) is 2.88. The van der Waals surface area contributed by atoms with Crippen molar-refractivity contribution >= 4 is 0 Å². The summed E-state index contributed by atoms with van der Waals surface area (Å²) in [5.41, 5.74) is 3.86. The van der Waals surface area contributed by atoms with Crippen LogP contribution in [-0.4, -0.2) is 4.98 Å². The van der Waals surface area contributed by atoms with E-state index in [1.165, 1.54) is 12.1 Å². The summed E-state index contributed by atoms with van der Waals surface area (Å²) in [4.78, 5) is 3.98. The lowest BCUT2D eigenvalue weighted by atomic mass is 10.0. The largest absolute Gasteiger partial charge is 0.271 e. The zero-order valence-electron chi connectivity index (χ0n) is 9.61. The van der Waals surface area contributed by atoms with Gasteiger partial charge in [0.2, 0.25) is 0 Å². The Morgan fingerprint density at radius 2 is 2.11 bits per heavy atom. The molecule has 1 aromatic heterocycles. The van der Waals surface area contributed by atoms with Gasteiger partial charge in [-0.2, -0.15) is 0 Å². The molecule has 0 bridgehead atoms. The fraction of sp³-hybridized carbons (Fsp3) is 0.154. The quantitative estimate of drug-likeness (QED) is 0.644. The van der Waals surface area contributed by atoms with E-state index < -0.39 is 11.6 Å². The summed E-state index contributed by atoms with van der Waals surface area (Å²) in [5, 5.41) is 0. The van der Waals surface area contributed by atoms with Crippen molar-refractivity contribution in [1.82, 2.24) is 10.4 Å². The lowest BCUT2D eigenvalue weighted by Crippen LogP contribution is -2.29. The number of nitrogens with two attached hydrogens (primary N) is 1. The topological polar surface area (TPSA) is 50.9 Å².